The highest BCUT2D eigenvalue weighted by atomic mass is 32.1. The van der Waals surface area contributed by atoms with E-state index in [0.717, 1.165) is 5.56 Å². The molecule has 0 saturated heterocycles. The van der Waals surface area contributed by atoms with Crippen LogP contribution in [0.1, 0.15) is 45.1 Å². The first-order chi connectivity index (χ1) is 16.6. The Morgan fingerprint density at radius 2 is 1.49 bits per heavy atom. The Balaban J connectivity index is 2.80. The topological polar surface area (TPSA) is 177 Å². The van der Waals surface area contributed by atoms with Gasteiger partial charge in [-0.3, -0.25) is 14.4 Å². The summed E-state index contributed by atoms with van der Waals surface area (Å²) in [6.07, 6.45) is 2.03. The van der Waals surface area contributed by atoms with Gasteiger partial charge in [-0.05, 0) is 50.1 Å². The van der Waals surface area contributed by atoms with Crippen LogP contribution in [-0.2, 0) is 25.6 Å². The van der Waals surface area contributed by atoms with Gasteiger partial charge in [-0.15, -0.1) is 0 Å². The molecular weight excluding hydrogens is 470 g/mol. The summed E-state index contributed by atoms with van der Waals surface area (Å²) in [6, 6.07) is 5.35. The van der Waals surface area contributed by atoms with E-state index in [4.69, 9.17) is 11.5 Å². The monoisotopic (exact) mass is 509 g/mol. The van der Waals surface area contributed by atoms with Crippen LogP contribution in [0.2, 0.25) is 0 Å². The summed E-state index contributed by atoms with van der Waals surface area (Å²) in [5.41, 5.74) is 12.4. The lowest BCUT2D eigenvalue weighted by Crippen LogP contribution is -2.58. The molecule has 0 aliphatic carbocycles. The molecule has 0 aliphatic rings. The quantitative estimate of drug-likeness (QED) is 0.123. The van der Waals surface area contributed by atoms with Crippen molar-refractivity contribution in [2.75, 3.05) is 12.3 Å². The van der Waals surface area contributed by atoms with Crippen molar-refractivity contribution in [2.45, 2.75) is 70.1 Å². The molecule has 8 N–H and O–H groups in total. The van der Waals surface area contributed by atoms with Crippen molar-refractivity contribution in [3.05, 3.63) is 35.9 Å². The predicted octanol–water partition coefficient (Wildman–Crippen LogP) is 0.200. The zero-order valence-corrected chi connectivity index (χ0v) is 21.3. The van der Waals surface area contributed by atoms with E-state index < -0.39 is 47.9 Å². The third-order valence-corrected chi connectivity index (χ3v) is 5.72. The van der Waals surface area contributed by atoms with Crippen LogP contribution in [0.3, 0.4) is 0 Å². The van der Waals surface area contributed by atoms with E-state index in [1.807, 2.05) is 44.2 Å². The Bertz CT molecular complexity index is 824. The normalized spacial score (nSPS) is 14.5. The molecule has 0 spiro atoms. The average molecular weight is 510 g/mol. The Labute approximate surface area is 212 Å². The second-order valence-corrected chi connectivity index (χ2v) is 9.28. The SMILES string of the molecule is CC(C)CC(NC(=O)C(N)Cc1ccccc1)C(=O)NC(CS)C(=O)NC(CCCCN)C(=O)O. The molecule has 1 rings (SSSR count). The van der Waals surface area contributed by atoms with Gasteiger partial charge in [-0.2, -0.15) is 12.6 Å². The Morgan fingerprint density at radius 3 is 2.03 bits per heavy atom. The molecule has 3 amide bonds. The van der Waals surface area contributed by atoms with Crippen molar-refractivity contribution in [3.8, 4) is 0 Å². The van der Waals surface area contributed by atoms with E-state index >= 15 is 0 Å². The molecule has 0 fully saturated rings. The molecule has 4 unspecified atom stereocenters. The fraction of sp³-hybridized carbons (Fsp3) is 0.583. The number of carbonyl (C=O) groups is 4. The maximum absolute atomic E-state index is 13.0. The number of nitrogens with two attached hydrogens (primary N) is 2. The van der Waals surface area contributed by atoms with Crippen LogP contribution in [0.4, 0.5) is 0 Å². The minimum atomic E-state index is -1.17. The van der Waals surface area contributed by atoms with Crippen molar-refractivity contribution in [1.82, 2.24) is 16.0 Å². The van der Waals surface area contributed by atoms with Gasteiger partial charge in [-0.25, -0.2) is 4.79 Å². The lowest BCUT2D eigenvalue weighted by Gasteiger charge is -2.25. The summed E-state index contributed by atoms with van der Waals surface area (Å²) in [5.74, 6) is -2.86. The van der Waals surface area contributed by atoms with Crippen molar-refractivity contribution in [3.63, 3.8) is 0 Å². The van der Waals surface area contributed by atoms with Gasteiger partial charge in [0, 0.05) is 5.75 Å². The third-order valence-electron chi connectivity index (χ3n) is 5.35. The van der Waals surface area contributed by atoms with Crippen LogP contribution in [0.15, 0.2) is 30.3 Å². The minimum absolute atomic E-state index is 0.0530. The van der Waals surface area contributed by atoms with Crippen LogP contribution < -0.4 is 27.4 Å². The van der Waals surface area contributed by atoms with Gasteiger partial charge in [0.25, 0.3) is 0 Å². The number of aliphatic carboxylic acids is 1. The molecule has 1 aromatic rings. The fourth-order valence-corrected chi connectivity index (χ4v) is 3.69. The van der Waals surface area contributed by atoms with Crippen molar-refractivity contribution in [1.29, 1.82) is 0 Å². The highest BCUT2D eigenvalue weighted by Crippen LogP contribution is 2.08. The lowest BCUT2D eigenvalue weighted by molar-refractivity contribution is -0.142. The van der Waals surface area contributed by atoms with E-state index in [9.17, 15) is 24.3 Å². The van der Waals surface area contributed by atoms with Crippen LogP contribution in [0.25, 0.3) is 0 Å². The maximum Gasteiger partial charge on any atom is 0.326 e. The summed E-state index contributed by atoms with van der Waals surface area (Å²) in [7, 11) is 0. The van der Waals surface area contributed by atoms with Crippen molar-refractivity contribution >= 4 is 36.3 Å². The van der Waals surface area contributed by atoms with Gasteiger partial charge in [0.2, 0.25) is 17.7 Å². The molecule has 0 aliphatic heterocycles. The molecule has 4 atom stereocenters. The molecule has 0 saturated carbocycles. The number of benzene rings is 1. The average Bonchev–Trinajstić information content (AvgIpc) is 2.81. The molecule has 0 heterocycles. The minimum Gasteiger partial charge on any atom is -0.480 e. The van der Waals surface area contributed by atoms with E-state index in [2.05, 4.69) is 28.6 Å². The second kappa shape index (κ2) is 16.1. The number of thiol groups is 1. The number of nitrogens with one attached hydrogen (secondary N) is 3. The molecular formula is C24H39N5O5S. The highest BCUT2D eigenvalue weighted by Gasteiger charge is 2.30. The van der Waals surface area contributed by atoms with Crippen LogP contribution in [-0.4, -0.2) is 65.3 Å². The smallest absolute Gasteiger partial charge is 0.326 e. The Kier molecular flexibility index (Phi) is 14.0. The van der Waals surface area contributed by atoms with Gasteiger partial charge in [0.15, 0.2) is 0 Å². The number of amides is 3. The molecule has 10 nitrogen and oxygen atoms in total. The Morgan fingerprint density at radius 1 is 0.914 bits per heavy atom. The standard InChI is InChI=1S/C24H39N5O5S/c1-15(2)12-19(28-21(30)17(26)13-16-8-4-3-5-9-16)22(31)29-20(14-35)23(32)27-18(24(33)34)10-6-7-11-25/h3-5,8-9,15,17-20,35H,6-7,10-14,25-26H2,1-2H3,(H,27,32)(H,28,30)(H,29,31)(H,33,34). The van der Waals surface area contributed by atoms with E-state index in [1.54, 1.807) is 0 Å². The summed E-state index contributed by atoms with van der Waals surface area (Å²) in [4.78, 5) is 49.8. The molecule has 35 heavy (non-hydrogen) atoms. The highest BCUT2D eigenvalue weighted by molar-refractivity contribution is 7.80. The number of unbranched alkanes of at least 4 members (excludes halogenated alkanes) is 1. The Hall–Kier alpha value is -2.63. The number of hydrogen-bond acceptors (Lipinski definition) is 7. The van der Waals surface area contributed by atoms with E-state index in [0.29, 0.717) is 32.2 Å². The first-order valence-corrected chi connectivity index (χ1v) is 12.5. The number of carbonyl (C=O) groups excluding carboxylic acids is 3. The zero-order chi connectivity index (χ0) is 26.4. The second-order valence-electron chi connectivity index (χ2n) is 8.91. The molecule has 1 aromatic carbocycles. The summed E-state index contributed by atoms with van der Waals surface area (Å²) < 4.78 is 0. The van der Waals surface area contributed by atoms with Gasteiger partial charge >= 0.3 is 5.97 Å². The van der Waals surface area contributed by atoms with E-state index in [-0.39, 0.29) is 18.1 Å². The molecule has 11 heteroatoms. The summed E-state index contributed by atoms with van der Waals surface area (Å²) >= 11 is 4.14. The predicted molar refractivity (Wildman–Crippen MR) is 138 cm³/mol. The number of rotatable bonds is 16. The molecule has 196 valence electrons. The van der Waals surface area contributed by atoms with E-state index in [1.165, 1.54) is 0 Å². The fourth-order valence-electron chi connectivity index (χ4n) is 3.43. The van der Waals surface area contributed by atoms with Gasteiger partial charge in [0.05, 0.1) is 6.04 Å². The number of carboxylic acid groups (broad SMARTS) is 1. The first kappa shape index (κ1) is 30.4. The van der Waals surface area contributed by atoms with Gasteiger partial charge in [-0.1, -0.05) is 44.2 Å². The van der Waals surface area contributed by atoms with Gasteiger partial charge in [0.1, 0.15) is 18.1 Å². The van der Waals surface area contributed by atoms with Crippen LogP contribution >= 0.6 is 12.6 Å². The number of hydrogen-bond donors (Lipinski definition) is 7. The summed E-state index contributed by atoms with van der Waals surface area (Å²) in [5, 5.41) is 17.1. The first-order valence-electron chi connectivity index (χ1n) is 11.8. The van der Waals surface area contributed by atoms with Gasteiger partial charge < -0.3 is 32.5 Å². The molecule has 0 bridgehead atoms. The summed E-state index contributed by atoms with van der Waals surface area (Å²) in [6.45, 7) is 4.23. The van der Waals surface area contributed by atoms with Crippen molar-refractivity contribution < 1.29 is 24.3 Å². The number of carboxylic acids is 1. The van der Waals surface area contributed by atoms with Crippen molar-refractivity contribution in [2.24, 2.45) is 17.4 Å². The largest absolute Gasteiger partial charge is 0.480 e. The van der Waals surface area contributed by atoms with Crippen LogP contribution in [0, 0.1) is 5.92 Å². The third kappa shape index (κ3) is 11.6. The molecule has 0 radical (unpaired) electrons. The molecule has 0 aromatic heterocycles. The maximum atomic E-state index is 13.0. The zero-order valence-electron chi connectivity index (χ0n) is 20.4. The lowest BCUT2D eigenvalue weighted by atomic mass is 10.0. The van der Waals surface area contributed by atoms with Crippen LogP contribution in [0.5, 0.6) is 0 Å².